The first-order chi connectivity index (χ1) is 14.7. The molecule has 1 aromatic heterocycles. The number of hydrogen-bond donors (Lipinski definition) is 1. The van der Waals surface area contributed by atoms with E-state index in [-0.39, 0.29) is 4.87 Å². The first-order valence-corrected chi connectivity index (χ1v) is 11.3. The number of anilines is 2. The van der Waals surface area contributed by atoms with Gasteiger partial charge in [0, 0.05) is 23.8 Å². The zero-order valence-electron chi connectivity index (χ0n) is 16.9. The Hall–Kier alpha value is -3.11. The number of hydrogen-bond acceptors (Lipinski definition) is 3. The second-order valence-electron chi connectivity index (χ2n) is 8.18. The summed E-state index contributed by atoms with van der Waals surface area (Å²) in [6.07, 6.45) is 9.27. The van der Waals surface area contributed by atoms with Crippen LogP contribution in [0.15, 0.2) is 71.1 Å². The summed E-state index contributed by atoms with van der Waals surface area (Å²) in [7, 11) is 2.12. The monoisotopic (exact) mass is 410 g/mol. The molecule has 0 bridgehead atoms. The molecule has 1 heterocycles. The average molecular weight is 411 g/mol. The smallest absolute Gasteiger partial charge is 0.305 e. The first kappa shape index (κ1) is 17.7. The standard InChI is InChI=1S/C26H22N2OS/c1-28(18-11-14-22-24(15-18)30-26(29)27-22)23-8-4-6-17-10-12-20-19-7-3-2-5-16(19)9-13-21(20)25(17)23/h3-4,6-8,10-12,14-15H,2,5,9,13H2,1H3,(H,27,29). The van der Waals surface area contributed by atoms with Gasteiger partial charge in [0.25, 0.3) is 0 Å². The Kier molecular flexibility index (Phi) is 3.96. The highest BCUT2D eigenvalue weighted by atomic mass is 32.1. The molecular formula is C26H22N2OS. The van der Waals surface area contributed by atoms with E-state index in [0.29, 0.717) is 0 Å². The maximum atomic E-state index is 11.7. The highest BCUT2D eigenvalue weighted by molar-refractivity contribution is 7.16. The number of aryl methyl sites for hydroxylation is 1. The molecule has 0 amide bonds. The van der Waals surface area contributed by atoms with Crippen molar-refractivity contribution < 1.29 is 0 Å². The van der Waals surface area contributed by atoms with Gasteiger partial charge in [0.15, 0.2) is 0 Å². The van der Waals surface area contributed by atoms with Crippen LogP contribution in [-0.4, -0.2) is 12.0 Å². The molecule has 0 unspecified atom stereocenters. The van der Waals surface area contributed by atoms with Gasteiger partial charge in [-0.2, -0.15) is 0 Å². The molecule has 148 valence electrons. The summed E-state index contributed by atoms with van der Waals surface area (Å²) in [5.41, 5.74) is 9.14. The lowest BCUT2D eigenvalue weighted by Gasteiger charge is -2.28. The Morgan fingerprint density at radius 2 is 1.97 bits per heavy atom. The quantitative estimate of drug-likeness (QED) is 0.406. The number of benzene rings is 3. The SMILES string of the molecule is CN(c1ccc2[nH]c(=O)sc2c1)c1cccc2ccc3c(c12)CCC1=C3C=CCC1. The van der Waals surface area contributed by atoms with E-state index in [2.05, 4.69) is 71.5 Å². The van der Waals surface area contributed by atoms with Crippen molar-refractivity contribution in [3.05, 3.63) is 87.1 Å². The minimum absolute atomic E-state index is 0.00588. The van der Waals surface area contributed by atoms with Crippen molar-refractivity contribution >= 4 is 49.3 Å². The van der Waals surface area contributed by atoms with Crippen LogP contribution in [0.25, 0.3) is 26.6 Å². The fraction of sp³-hybridized carbons (Fsp3) is 0.192. The molecule has 0 saturated carbocycles. The number of aromatic nitrogens is 1. The number of nitrogens with one attached hydrogen (secondary N) is 1. The van der Waals surface area contributed by atoms with Crippen LogP contribution in [0.2, 0.25) is 0 Å². The molecule has 3 nitrogen and oxygen atoms in total. The van der Waals surface area contributed by atoms with Crippen molar-refractivity contribution in [2.75, 3.05) is 11.9 Å². The van der Waals surface area contributed by atoms with Gasteiger partial charge >= 0.3 is 4.87 Å². The maximum Gasteiger partial charge on any atom is 0.305 e. The normalized spacial score (nSPS) is 15.5. The van der Waals surface area contributed by atoms with E-state index in [1.807, 2.05) is 6.07 Å². The summed E-state index contributed by atoms with van der Waals surface area (Å²) in [5.74, 6) is 0. The summed E-state index contributed by atoms with van der Waals surface area (Å²) in [6, 6.07) is 17.4. The molecular weight excluding hydrogens is 388 g/mol. The van der Waals surface area contributed by atoms with E-state index in [9.17, 15) is 4.79 Å². The fourth-order valence-corrected chi connectivity index (χ4v) is 5.80. The van der Waals surface area contributed by atoms with Gasteiger partial charge in [-0.25, -0.2) is 0 Å². The fourth-order valence-electron chi connectivity index (χ4n) is 5.03. The van der Waals surface area contributed by atoms with Gasteiger partial charge in [0.1, 0.15) is 0 Å². The highest BCUT2D eigenvalue weighted by Gasteiger charge is 2.22. The highest BCUT2D eigenvalue weighted by Crippen LogP contribution is 2.43. The third kappa shape index (κ3) is 2.67. The molecule has 0 spiro atoms. The Labute approximate surface area is 179 Å². The number of thiazole rings is 1. The summed E-state index contributed by atoms with van der Waals surface area (Å²) < 4.78 is 0.994. The number of nitrogens with zero attached hydrogens (tertiary/aromatic N) is 1. The lowest BCUT2D eigenvalue weighted by atomic mass is 9.79. The predicted octanol–water partition coefficient (Wildman–Crippen LogP) is 6.56. The van der Waals surface area contributed by atoms with Gasteiger partial charge in [-0.05, 0) is 72.0 Å². The molecule has 30 heavy (non-hydrogen) atoms. The topological polar surface area (TPSA) is 36.1 Å². The van der Waals surface area contributed by atoms with E-state index in [4.69, 9.17) is 0 Å². The molecule has 1 N–H and O–H groups in total. The minimum Gasteiger partial charge on any atom is -0.344 e. The molecule has 2 aliphatic rings. The Morgan fingerprint density at radius 3 is 2.90 bits per heavy atom. The molecule has 2 aliphatic carbocycles. The molecule has 4 heteroatoms. The number of rotatable bonds is 2. The van der Waals surface area contributed by atoms with E-state index < -0.39 is 0 Å². The predicted molar refractivity (Wildman–Crippen MR) is 128 cm³/mol. The van der Waals surface area contributed by atoms with Crippen LogP contribution in [0.1, 0.15) is 30.4 Å². The molecule has 3 aromatic carbocycles. The second-order valence-corrected chi connectivity index (χ2v) is 9.19. The first-order valence-electron chi connectivity index (χ1n) is 10.5. The second kappa shape index (κ2) is 6.71. The number of fused-ring (bicyclic) bond motifs is 5. The largest absolute Gasteiger partial charge is 0.344 e. The summed E-state index contributed by atoms with van der Waals surface area (Å²) in [6.45, 7) is 0. The molecule has 0 saturated heterocycles. The minimum atomic E-state index is -0.00588. The van der Waals surface area contributed by atoms with Crippen molar-refractivity contribution in [3.8, 4) is 0 Å². The van der Waals surface area contributed by atoms with Crippen LogP contribution in [-0.2, 0) is 6.42 Å². The van der Waals surface area contributed by atoms with Gasteiger partial charge in [-0.15, -0.1) is 0 Å². The van der Waals surface area contributed by atoms with Crippen LogP contribution in [0.4, 0.5) is 11.4 Å². The van der Waals surface area contributed by atoms with Crippen molar-refractivity contribution in [1.29, 1.82) is 0 Å². The molecule has 0 atom stereocenters. The van der Waals surface area contributed by atoms with Gasteiger partial charge < -0.3 is 9.88 Å². The summed E-state index contributed by atoms with van der Waals surface area (Å²) in [4.78, 5) is 16.9. The summed E-state index contributed by atoms with van der Waals surface area (Å²) in [5, 5.41) is 2.64. The van der Waals surface area contributed by atoms with Gasteiger partial charge in [-0.3, -0.25) is 4.79 Å². The van der Waals surface area contributed by atoms with E-state index in [1.54, 1.807) is 5.57 Å². The Balaban J connectivity index is 1.55. The van der Waals surface area contributed by atoms with Crippen molar-refractivity contribution in [1.82, 2.24) is 4.98 Å². The Bertz CT molecular complexity index is 1440. The van der Waals surface area contributed by atoms with Crippen molar-refractivity contribution in [2.45, 2.75) is 25.7 Å². The Morgan fingerprint density at radius 1 is 1.03 bits per heavy atom. The molecule has 0 fully saturated rings. The van der Waals surface area contributed by atoms with Gasteiger partial charge in [0.2, 0.25) is 0 Å². The van der Waals surface area contributed by atoms with Gasteiger partial charge in [-0.1, -0.05) is 53.3 Å². The van der Waals surface area contributed by atoms with Gasteiger partial charge in [0.05, 0.1) is 10.2 Å². The van der Waals surface area contributed by atoms with E-state index in [1.165, 1.54) is 57.3 Å². The van der Waals surface area contributed by atoms with Crippen LogP contribution >= 0.6 is 11.3 Å². The number of allylic oxidation sites excluding steroid dienone is 4. The zero-order valence-corrected chi connectivity index (χ0v) is 17.7. The number of aromatic amines is 1. The van der Waals surface area contributed by atoms with Crippen LogP contribution in [0, 0.1) is 0 Å². The third-order valence-electron chi connectivity index (χ3n) is 6.53. The molecule has 4 aromatic rings. The molecule has 6 rings (SSSR count). The summed E-state index contributed by atoms with van der Waals surface area (Å²) >= 11 is 1.27. The molecule has 0 aliphatic heterocycles. The van der Waals surface area contributed by atoms with Crippen molar-refractivity contribution in [2.24, 2.45) is 0 Å². The number of H-pyrrole nitrogens is 1. The lowest BCUT2D eigenvalue weighted by molar-refractivity contribution is 0.831. The van der Waals surface area contributed by atoms with Crippen LogP contribution < -0.4 is 9.77 Å². The molecule has 0 radical (unpaired) electrons. The average Bonchev–Trinajstić information content (AvgIpc) is 3.16. The van der Waals surface area contributed by atoms with Crippen molar-refractivity contribution in [3.63, 3.8) is 0 Å². The van der Waals surface area contributed by atoms with E-state index >= 15 is 0 Å². The lowest BCUT2D eigenvalue weighted by Crippen LogP contribution is -2.12. The van der Waals surface area contributed by atoms with Crippen LogP contribution in [0.5, 0.6) is 0 Å². The van der Waals surface area contributed by atoms with E-state index in [0.717, 1.165) is 28.7 Å². The third-order valence-corrected chi connectivity index (χ3v) is 7.37. The maximum absolute atomic E-state index is 11.7. The van der Waals surface area contributed by atoms with Crippen LogP contribution in [0.3, 0.4) is 0 Å². The zero-order chi connectivity index (χ0) is 20.2.